The number of hydrogen-bond donors (Lipinski definition) is 1. The molecule has 1 heterocycles. The fourth-order valence-corrected chi connectivity index (χ4v) is 3.96. The number of nitrogens with one attached hydrogen (secondary N) is 1. The lowest BCUT2D eigenvalue weighted by molar-refractivity contribution is 0.101. The molecule has 0 unspecified atom stereocenters. The first-order valence-electron chi connectivity index (χ1n) is 9.96. The van der Waals surface area contributed by atoms with Crippen molar-refractivity contribution in [1.29, 1.82) is 0 Å². The number of carbonyl (C=O) groups is 1. The normalized spacial score (nSPS) is 11.0. The number of hydrogen-bond acceptors (Lipinski definition) is 3. The van der Waals surface area contributed by atoms with Gasteiger partial charge in [-0.3, -0.25) is 4.79 Å². The molecule has 5 nitrogen and oxygen atoms in total. The van der Waals surface area contributed by atoms with E-state index in [-0.39, 0.29) is 5.82 Å². The van der Waals surface area contributed by atoms with Crippen LogP contribution in [0.1, 0.15) is 10.6 Å². The molecule has 5 rings (SSSR count). The van der Waals surface area contributed by atoms with Gasteiger partial charge < -0.3 is 5.32 Å². The Bertz CT molecular complexity index is 1510. The number of aromatic nitrogens is 3. The molecule has 8 heteroatoms. The Morgan fingerprint density at radius 1 is 0.788 bits per heavy atom. The molecule has 162 valence electrons. The molecule has 33 heavy (non-hydrogen) atoms. The molecular weight excluding hydrogens is 479 g/mol. The number of amides is 1. The van der Waals surface area contributed by atoms with E-state index in [0.29, 0.717) is 37.8 Å². The van der Waals surface area contributed by atoms with Crippen LogP contribution in [0.3, 0.4) is 0 Å². The zero-order valence-electron chi connectivity index (χ0n) is 17.0. The van der Waals surface area contributed by atoms with Crippen molar-refractivity contribution in [2.24, 2.45) is 0 Å². The molecule has 0 aliphatic carbocycles. The molecule has 0 aliphatic heterocycles. The van der Waals surface area contributed by atoms with Gasteiger partial charge in [-0.2, -0.15) is 0 Å². The van der Waals surface area contributed by atoms with Crippen LogP contribution in [0.25, 0.3) is 27.8 Å². The zero-order valence-corrected chi connectivity index (χ0v) is 19.2. The van der Waals surface area contributed by atoms with Crippen LogP contribution >= 0.6 is 34.8 Å². The highest BCUT2D eigenvalue weighted by Crippen LogP contribution is 2.28. The van der Waals surface area contributed by atoms with E-state index in [0.717, 1.165) is 10.8 Å². The van der Waals surface area contributed by atoms with Crippen LogP contribution in [-0.4, -0.2) is 20.7 Å². The second-order valence-electron chi connectivity index (χ2n) is 7.30. The predicted molar refractivity (Wildman–Crippen MR) is 134 cm³/mol. The Balaban J connectivity index is 1.55. The third-order valence-electron chi connectivity index (χ3n) is 5.05. The van der Waals surface area contributed by atoms with E-state index in [1.807, 2.05) is 48.5 Å². The average molecular weight is 494 g/mol. The van der Waals surface area contributed by atoms with Gasteiger partial charge in [-0.25, -0.2) is 9.67 Å². The van der Waals surface area contributed by atoms with Gasteiger partial charge in [0, 0.05) is 16.3 Å². The number of rotatable bonds is 4. The summed E-state index contributed by atoms with van der Waals surface area (Å²) in [5, 5.41) is 10.8. The summed E-state index contributed by atoms with van der Waals surface area (Å²) in [5.74, 6) is 0.0103. The van der Waals surface area contributed by atoms with Gasteiger partial charge in [-0.15, -0.1) is 5.10 Å². The van der Waals surface area contributed by atoms with Crippen LogP contribution in [0.4, 0.5) is 5.69 Å². The van der Waals surface area contributed by atoms with Gasteiger partial charge in [0.25, 0.3) is 5.91 Å². The van der Waals surface area contributed by atoms with Crippen molar-refractivity contribution in [2.45, 2.75) is 0 Å². The highest BCUT2D eigenvalue weighted by molar-refractivity contribution is 6.42. The van der Waals surface area contributed by atoms with Gasteiger partial charge in [-0.05, 0) is 53.2 Å². The number of nitrogens with zero attached hydrogens (tertiary/aromatic N) is 3. The highest BCUT2D eigenvalue weighted by Gasteiger charge is 2.20. The van der Waals surface area contributed by atoms with Gasteiger partial charge in [0.2, 0.25) is 5.82 Å². The largest absolute Gasteiger partial charge is 0.319 e. The maximum atomic E-state index is 13.0. The van der Waals surface area contributed by atoms with E-state index in [9.17, 15) is 4.79 Å². The van der Waals surface area contributed by atoms with E-state index in [1.165, 1.54) is 0 Å². The molecule has 0 aliphatic rings. The van der Waals surface area contributed by atoms with Crippen molar-refractivity contribution < 1.29 is 4.79 Å². The number of fused-ring (bicyclic) bond motifs is 1. The molecule has 0 saturated heterocycles. The van der Waals surface area contributed by atoms with Gasteiger partial charge >= 0.3 is 0 Å². The molecule has 0 atom stereocenters. The first-order chi connectivity index (χ1) is 16.0. The Hall–Kier alpha value is -3.38. The smallest absolute Gasteiger partial charge is 0.295 e. The lowest BCUT2D eigenvalue weighted by Crippen LogP contribution is -2.14. The van der Waals surface area contributed by atoms with Gasteiger partial charge in [-0.1, -0.05) is 77.3 Å². The van der Waals surface area contributed by atoms with Crippen molar-refractivity contribution in [3.8, 4) is 17.1 Å². The van der Waals surface area contributed by atoms with E-state index < -0.39 is 5.91 Å². The van der Waals surface area contributed by atoms with Crippen molar-refractivity contribution in [1.82, 2.24) is 14.8 Å². The minimum atomic E-state index is -0.438. The van der Waals surface area contributed by atoms with E-state index >= 15 is 0 Å². The first-order valence-corrected chi connectivity index (χ1v) is 11.1. The summed E-state index contributed by atoms with van der Waals surface area (Å²) in [7, 11) is 0. The Labute approximate surface area is 204 Å². The monoisotopic (exact) mass is 492 g/mol. The lowest BCUT2D eigenvalue weighted by Gasteiger charge is -2.07. The van der Waals surface area contributed by atoms with Crippen LogP contribution in [0.2, 0.25) is 15.1 Å². The summed E-state index contributed by atoms with van der Waals surface area (Å²) < 4.78 is 1.54. The van der Waals surface area contributed by atoms with Crippen molar-refractivity contribution in [3.05, 3.63) is 106 Å². The van der Waals surface area contributed by atoms with Crippen LogP contribution in [0.15, 0.2) is 84.9 Å². The number of benzene rings is 4. The summed E-state index contributed by atoms with van der Waals surface area (Å²) in [4.78, 5) is 17.6. The predicted octanol–water partition coefficient (Wildman–Crippen LogP) is 7.30. The Morgan fingerprint density at radius 3 is 2.39 bits per heavy atom. The summed E-state index contributed by atoms with van der Waals surface area (Å²) in [6.07, 6.45) is 0. The van der Waals surface area contributed by atoms with Crippen molar-refractivity contribution in [3.63, 3.8) is 0 Å². The Kier molecular flexibility index (Phi) is 5.77. The molecule has 5 aromatic rings. The second-order valence-corrected chi connectivity index (χ2v) is 8.55. The molecule has 0 saturated carbocycles. The summed E-state index contributed by atoms with van der Waals surface area (Å²) in [5.41, 5.74) is 1.95. The molecule has 1 amide bonds. The third kappa shape index (κ3) is 4.44. The standard InChI is InChI=1S/C25H15Cl3N4O/c26-18-7-3-6-17(12-18)24-30-23(31-32(24)20-10-11-21(27)22(28)14-20)25(33)29-19-9-8-15-4-1-2-5-16(15)13-19/h1-14H,(H,29,33). The molecule has 4 aromatic carbocycles. The van der Waals surface area contributed by atoms with Crippen LogP contribution in [0.5, 0.6) is 0 Å². The maximum Gasteiger partial charge on any atom is 0.295 e. The first kappa shape index (κ1) is 21.5. The number of carbonyl (C=O) groups excluding carboxylic acids is 1. The van der Waals surface area contributed by atoms with E-state index in [4.69, 9.17) is 34.8 Å². The molecule has 1 N–H and O–H groups in total. The SMILES string of the molecule is O=C(Nc1ccc2ccccc2c1)c1nc(-c2cccc(Cl)c2)n(-c2ccc(Cl)c(Cl)c2)n1. The van der Waals surface area contributed by atoms with Crippen LogP contribution in [0, 0.1) is 0 Å². The lowest BCUT2D eigenvalue weighted by atomic mass is 10.1. The maximum absolute atomic E-state index is 13.0. The minimum absolute atomic E-state index is 0.00389. The molecule has 0 radical (unpaired) electrons. The highest BCUT2D eigenvalue weighted by atomic mass is 35.5. The second kappa shape index (κ2) is 8.87. The fraction of sp³-hybridized carbons (Fsp3) is 0. The zero-order chi connectivity index (χ0) is 22.9. The molecule has 0 fully saturated rings. The van der Waals surface area contributed by atoms with Crippen LogP contribution in [-0.2, 0) is 0 Å². The van der Waals surface area contributed by atoms with Crippen molar-refractivity contribution >= 4 is 57.2 Å². The number of halogens is 3. The van der Waals surface area contributed by atoms with Gasteiger partial charge in [0.05, 0.1) is 15.7 Å². The van der Waals surface area contributed by atoms with Crippen molar-refractivity contribution in [2.75, 3.05) is 5.32 Å². The summed E-state index contributed by atoms with van der Waals surface area (Å²) in [6.45, 7) is 0. The third-order valence-corrected chi connectivity index (χ3v) is 6.02. The number of anilines is 1. The topological polar surface area (TPSA) is 59.8 Å². The van der Waals surface area contributed by atoms with Crippen LogP contribution < -0.4 is 5.32 Å². The summed E-state index contributed by atoms with van der Waals surface area (Å²) in [6, 6.07) is 25.9. The van der Waals surface area contributed by atoms with Gasteiger partial charge in [0.1, 0.15) is 0 Å². The van der Waals surface area contributed by atoms with E-state index in [1.54, 1.807) is 41.1 Å². The average Bonchev–Trinajstić information content (AvgIpc) is 3.27. The minimum Gasteiger partial charge on any atom is -0.319 e. The molecule has 0 bridgehead atoms. The van der Waals surface area contributed by atoms with E-state index in [2.05, 4.69) is 15.4 Å². The fourth-order valence-electron chi connectivity index (χ4n) is 3.47. The molecular formula is C25H15Cl3N4O. The Morgan fingerprint density at radius 2 is 1.61 bits per heavy atom. The quantitative estimate of drug-likeness (QED) is 0.286. The summed E-state index contributed by atoms with van der Waals surface area (Å²) >= 11 is 18.5. The molecule has 0 spiro atoms. The van der Waals surface area contributed by atoms with Gasteiger partial charge in [0.15, 0.2) is 5.82 Å². The molecule has 1 aromatic heterocycles.